The van der Waals surface area contributed by atoms with E-state index >= 15 is 0 Å². The van der Waals surface area contributed by atoms with Gasteiger partial charge in [-0.3, -0.25) is 0 Å². The molecule has 0 N–H and O–H groups in total. The zero-order chi connectivity index (χ0) is 10.8. The first-order valence-corrected chi connectivity index (χ1v) is 5.36. The number of aryl methyl sites for hydroxylation is 1. The fourth-order valence-electron chi connectivity index (χ4n) is 1.99. The zero-order valence-electron chi connectivity index (χ0n) is 9.19. The molecule has 2 nitrogen and oxygen atoms in total. The SMILES string of the molecule is COc1cc(C)ccc1C(C=O)C1CC1. The van der Waals surface area contributed by atoms with Crippen molar-refractivity contribution in [2.24, 2.45) is 5.92 Å². The molecule has 2 rings (SSSR count). The van der Waals surface area contributed by atoms with Crippen molar-refractivity contribution in [3.8, 4) is 5.75 Å². The molecule has 0 heterocycles. The van der Waals surface area contributed by atoms with Crippen LogP contribution in [0.15, 0.2) is 18.2 Å². The summed E-state index contributed by atoms with van der Waals surface area (Å²) in [5.74, 6) is 1.42. The molecule has 1 aliphatic carbocycles. The Labute approximate surface area is 90.3 Å². The van der Waals surface area contributed by atoms with Crippen LogP contribution in [-0.4, -0.2) is 13.4 Å². The third-order valence-electron chi connectivity index (χ3n) is 3.02. The summed E-state index contributed by atoms with van der Waals surface area (Å²) in [7, 11) is 1.66. The highest BCUT2D eigenvalue weighted by atomic mass is 16.5. The minimum Gasteiger partial charge on any atom is -0.496 e. The fourth-order valence-corrected chi connectivity index (χ4v) is 1.99. The maximum Gasteiger partial charge on any atom is 0.127 e. The lowest BCUT2D eigenvalue weighted by molar-refractivity contribution is -0.109. The molecule has 15 heavy (non-hydrogen) atoms. The molecule has 1 aliphatic rings. The van der Waals surface area contributed by atoms with E-state index in [1.54, 1.807) is 7.11 Å². The van der Waals surface area contributed by atoms with Crippen molar-refractivity contribution in [1.29, 1.82) is 0 Å². The molecule has 0 amide bonds. The van der Waals surface area contributed by atoms with Crippen LogP contribution in [0.2, 0.25) is 0 Å². The van der Waals surface area contributed by atoms with Crippen LogP contribution in [0.4, 0.5) is 0 Å². The van der Waals surface area contributed by atoms with Gasteiger partial charge in [0.15, 0.2) is 0 Å². The van der Waals surface area contributed by atoms with Crippen LogP contribution in [0.1, 0.15) is 29.9 Å². The van der Waals surface area contributed by atoms with Crippen LogP contribution >= 0.6 is 0 Å². The minimum atomic E-state index is 0.0283. The Bertz CT molecular complexity index is 367. The average Bonchev–Trinajstić information content (AvgIpc) is 3.05. The molecule has 0 aliphatic heterocycles. The number of benzene rings is 1. The summed E-state index contributed by atoms with van der Waals surface area (Å²) >= 11 is 0. The molecule has 0 saturated heterocycles. The summed E-state index contributed by atoms with van der Waals surface area (Å²) in [6.07, 6.45) is 3.39. The average molecular weight is 204 g/mol. The smallest absolute Gasteiger partial charge is 0.127 e. The Morgan fingerprint density at radius 3 is 2.73 bits per heavy atom. The number of ether oxygens (including phenoxy) is 1. The second-order valence-corrected chi connectivity index (χ2v) is 4.24. The van der Waals surface area contributed by atoms with Crippen molar-refractivity contribution in [2.45, 2.75) is 25.7 Å². The Hall–Kier alpha value is -1.31. The van der Waals surface area contributed by atoms with E-state index in [9.17, 15) is 4.79 Å². The molecule has 0 bridgehead atoms. The molecule has 1 fully saturated rings. The van der Waals surface area contributed by atoms with Gasteiger partial charge in [0.05, 0.1) is 7.11 Å². The predicted molar refractivity (Wildman–Crippen MR) is 59.3 cm³/mol. The molecule has 1 atom stereocenters. The number of rotatable bonds is 4. The van der Waals surface area contributed by atoms with Crippen LogP contribution < -0.4 is 4.74 Å². The molecular formula is C13H16O2. The second kappa shape index (κ2) is 4.05. The highest BCUT2D eigenvalue weighted by Crippen LogP contribution is 2.44. The van der Waals surface area contributed by atoms with Gasteiger partial charge in [-0.05, 0) is 37.3 Å². The van der Waals surface area contributed by atoms with Crippen molar-refractivity contribution >= 4 is 6.29 Å². The van der Waals surface area contributed by atoms with Crippen LogP contribution in [-0.2, 0) is 4.79 Å². The predicted octanol–water partition coefficient (Wildman–Crippen LogP) is 2.70. The second-order valence-electron chi connectivity index (χ2n) is 4.24. The van der Waals surface area contributed by atoms with Crippen LogP contribution in [0.5, 0.6) is 5.75 Å². The summed E-state index contributed by atoms with van der Waals surface area (Å²) in [6, 6.07) is 6.05. The Balaban J connectivity index is 2.36. The maximum absolute atomic E-state index is 11.1. The summed E-state index contributed by atoms with van der Waals surface area (Å²) < 4.78 is 5.33. The van der Waals surface area contributed by atoms with E-state index in [4.69, 9.17) is 4.74 Å². The Morgan fingerprint density at radius 1 is 1.47 bits per heavy atom. The highest BCUT2D eigenvalue weighted by Gasteiger charge is 2.33. The first-order valence-electron chi connectivity index (χ1n) is 5.36. The molecule has 80 valence electrons. The Kier molecular flexibility index (Phi) is 2.76. The lowest BCUT2D eigenvalue weighted by Crippen LogP contribution is -2.05. The van der Waals surface area contributed by atoms with E-state index in [0.717, 1.165) is 23.2 Å². The minimum absolute atomic E-state index is 0.0283. The van der Waals surface area contributed by atoms with Crippen LogP contribution in [0.3, 0.4) is 0 Å². The molecule has 1 aromatic rings. The zero-order valence-corrected chi connectivity index (χ0v) is 9.19. The standard InChI is InChI=1S/C13H16O2/c1-9-3-6-11(13(7-9)15-2)12(8-14)10-4-5-10/h3,6-8,10,12H,4-5H2,1-2H3. The van der Waals surface area contributed by atoms with Gasteiger partial charge in [-0.25, -0.2) is 0 Å². The number of methoxy groups -OCH3 is 1. The molecule has 2 heteroatoms. The van der Waals surface area contributed by atoms with Gasteiger partial charge >= 0.3 is 0 Å². The van der Waals surface area contributed by atoms with Gasteiger partial charge in [0.25, 0.3) is 0 Å². The van der Waals surface area contributed by atoms with Crippen molar-refractivity contribution in [3.05, 3.63) is 29.3 Å². The van der Waals surface area contributed by atoms with Gasteiger partial charge in [0.1, 0.15) is 12.0 Å². The molecule has 0 radical (unpaired) electrons. The first kappa shape index (κ1) is 10.2. The van der Waals surface area contributed by atoms with Crippen molar-refractivity contribution in [1.82, 2.24) is 0 Å². The van der Waals surface area contributed by atoms with Gasteiger partial charge in [0, 0.05) is 11.5 Å². The van der Waals surface area contributed by atoms with E-state index in [2.05, 4.69) is 0 Å². The number of aldehydes is 1. The molecule has 0 aromatic heterocycles. The molecular weight excluding hydrogens is 188 g/mol. The van der Waals surface area contributed by atoms with E-state index in [1.807, 2.05) is 25.1 Å². The van der Waals surface area contributed by atoms with E-state index < -0.39 is 0 Å². The summed E-state index contributed by atoms with van der Waals surface area (Å²) in [5.41, 5.74) is 2.21. The number of carbonyl (C=O) groups excluding carboxylic acids is 1. The summed E-state index contributed by atoms with van der Waals surface area (Å²) in [6.45, 7) is 2.03. The van der Waals surface area contributed by atoms with Crippen LogP contribution in [0, 0.1) is 12.8 Å². The van der Waals surface area contributed by atoms with Gasteiger partial charge in [0.2, 0.25) is 0 Å². The highest BCUT2D eigenvalue weighted by molar-refractivity contribution is 5.66. The van der Waals surface area contributed by atoms with Crippen molar-refractivity contribution < 1.29 is 9.53 Å². The quantitative estimate of drug-likeness (QED) is 0.705. The van der Waals surface area contributed by atoms with Crippen LogP contribution in [0.25, 0.3) is 0 Å². The van der Waals surface area contributed by atoms with Gasteiger partial charge in [-0.15, -0.1) is 0 Å². The number of carbonyl (C=O) groups is 1. The van der Waals surface area contributed by atoms with E-state index in [-0.39, 0.29) is 5.92 Å². The Morgan fingerprint density at radius 2 is 2.20 bits per heavy atom. The summed E-state index contributed by atoms with van der Waals surface area (Å²) in [5, 5.41) is 0. The topological polar surface area (TPSA) is 26.3 Å². The molecule has 0 spiro atoms. The molecule has 1 unspecified atom stereocenters. The normalized spacial score (nSPS) is 17.2. The molecule has 1 aromatic carbocycles. The van der Waals surface area contributed by atoms with E-state index in [1.165, 1.54) is 12.8 Å². The number of hydrogen-bond donors (Lipinski definition) is 0. The van der Waals surface area contributed by atoms with Gasteiger partial charge < -0.3 is 9.53 Å². The molecule has 1 saturated carbocycles. The lowest BCUT2D eigenvalue weighted by Gasteiger charge is -2.14. The number of hydrogen-bond acceptors (Lipinski definition) is 2. The van der Waals surface area contributed by atoms with Crippen molar-refractivity contribution in [2.75, 3.05) is 7.11 Å². The maximum atomic E-state index is 11.1. The third-order valence-corrected chi connectivity index (χ3v) is 3.02. The van der Waals surface area contributed by atoms with E-state index in [0.29, 0.717) is 5.92 Å². The summed E-state index contributed by atoms with van der Waals surface area (Å²) in [4.78, 5) is 11.1. The van der Waals surface area contributed by atoms with Gasteiger partial charge in [-0.2, -0.15) is 0 Å². The lowest BCUT2D eigenvalue weighted by atomic mass is 9.94. The van der Waals surface area contributed by atoms with Crippen molar-refractivity contribution in [3.63, 3.8) is 0 Å². The monoisotopic (exact) mass is 204 g/mol. The largest absolute Gasteiger partial charge is 0.496 e. The third kappa shape index (κ3) is 2.04. The fraction of sp³-hybridized carbons (Fsp3) is 0.462. The first-order chi connectivity index (χ1) is 7.26. The van der Waals surface area contributed by atoms with Gasteiger partial charge in [-0.1, -0.05) is 12.1 Å².